The van der Waals surface area contributed by atoms with Crippen LogP contribution in [0.25, 0.3) is 27.8 Å². The Balaban J connectivity index is 1.65. The van der Waals surface area contributed by atoms with Crippen molar-refractivity contribution in [3.05, 3.63) is 84.7 Å². The summed E-state index contributed by atoms with van der Waals surface area (Å²) in [5.41, 5.74) is 7.50. The summed E-state index contributed by atoms with van der Waals surface area (Å²) in [4.78, 5) is 11.1. The number of carbonyl (C=O) groups excluding carboxylic acids is 1. The Morgan fingerprint density at radius 1 is 0.897 bits per heavy atom. The van der Waals surface area contributed by atoms with Crippen molar-refractivity contribution in [2.24, 2.45) is 0 Å². The van der Waals surface area contributed by atoms with E-state index in [4.69, 9.17) is 4.74 Å². The third-order valence-corrected chi connectivity index (χ3v) is 5.22. The van der Waals surface area contributed by atoms with E-state index in [0.29, 0.717) is 5.75 Å². The number of hydrogen-bond donors (Lipinski definition) is 0. The van der Waals surface area contributed by atoms with Gasteiger partial charge < -0.3 is 9.14 Å². The second-order valence-electron chi connectivity index (χ2n) is 7.31. The summed E-state index contributed by atoms with van der Waals surface area (Å²) in [5, 5.41) is 0. The smallest absolute Gasteiger partial charge is 0.308 e. The quantitative estimate of drug-likeness (QED) is 0.279. The fourth-order valence-electron chi connectivity index (χ4n) is 3.77. The standard InChI is InChI=1S/C26H25NO2/c1-3-4-7-24-25(18-27-17-6-5-8-26(24)27)22-11-9-20(10-12-22)21-13-15-23(16-14-21)29-19(2)28/h5-6,8-18H,3-4,7H2,1-2H3. The number of pyridine rings is 1. The lowest BCUT2D eigenvalue weighted by Crippen LogP contribution is -2.00. The molecule has 0 saturated heterocycles. The number of fused-ring (bicyclic) bond motifs is 1. The van der Waals surface area contributed by atoms with Crippen molar-refractivity contribution in [1.82, 2.24) is 4.40 Å². The number of aryl methyl sites for hydroxylation is 1. The molecule has 0 aliphatic heterocycles. The summed E-state index contributed by atoms with van der Waals surface area (Å²) in [6, 6.07) is 22.7. The molecule has 4 rings (SSSR count). The molecule has 0 aliphatic rings. The van der Waals surface area contributed by atoms with E-state index in [1.807, 2.05) is 24.3 Å². The molecule has 0 atom stereocenters. The van der Waals surface area contributed by atoms with E-state index >= 15 is 0 Å². The zero-order chi connectivity index (χ0) is 20.2. The molecule has 29 heavy (non-hydrogen) atoms. The highest BCUT2D eigenvalue weighted by molar-refractivity contribution is 5.78. The monoisotopic (exact) mass is 383 g/mol. The highest BCUT2D eigenvalue weighted by atomic mass is 16.5. The maximum Gasteiger partial charge on any atom is 0.308 e. The summed E-state index contributed by atoms with van der Waals surface area (Å²) in [7, 11) is 0. The minimum atomic E-state index is -0.305. The number of esters is 1. The topological polar surface area (TPSA) is 30.7 Å². The predicted octanol–water partition coefficient (Wildman–Crippen LogP) is 6.54. The lowest BCUT2D eigenvalue weighted by molar-refractivity contribution is -0.131. The molecule has 0 amide bonds. The van der Waals surface area contributed by atoms with E-state index in [-0.39, 0.29) is 5.97 Å². The van der Waals surface area contributed by atoms with Crippen molar-refractivity contribution < 1.29 is 9.53 Å². The molecule has 0 spiro atoms. The second kappa shape index (κ2) is 8.36. The van der Waals surface area contributed by atoms with Gasteiger partial charge in [0.2, 0.25) is 0 Å². The third kappa shape index (κ3) is 4.09. The zero-order valence-corrected chi connectivity index (χ0v) is 16.9. The molecule has 0 fully saturated rings. The second-order valence-corrected chi connectivity index (χ2v) is 7.31. The van der Waals surface area contributed by atoms with E-state index in [1.54, 1.807) is 0 Å². The molecule has 2 aromatic carbocycles. The zero-order valence-electron chi connectivity index (χ0n) is 16.9. The van der Waals surface area contributed by atoms with Crippen molar-refractivity contribution in [2.45, 2.75) is 33.1 Å². The van der Waals surface area contributed by atoms with Crippen LogP contribution < -0.4 is 4.74 Å². The van der Waals surface area contributed by atoms with Crippen LogP contribution in [-0.2, 0) is 11.2 Å². The highest BCUT2D eigenvalue weighted by Gasteiger charge is 2.12. The van der Waals surface area contributed by atoms with Gasteiger partial charge in [-0.05, 0) is 59.4 Å². The molecule has 2 heterocycles. The van der Waals surface area contributed by atoms with Gasteiger partial charge in [-0.25, -0.2) is 0 Å². The van der Waals surface area contributed by atoms with Crippen LogP contribution in [0.4, 0.5) is 0 Å². The van der Waals surface area contributed by atoms with E-state index in [0.717, 1.165) is 17.5 Å². The molecular formula is C26H25NO2. The molecule has 2 aromatic heterocycles. The maximum atomic E-state index is 11.1. The van der Waals surface area contributed by atoms with Crippen LogP contribution in [0.3, 0.4) is 0 Å². The molecule has 0 unspecified atom stereocenters. The van der Waals surface area contributed by atoms with E-state index < -0.39 is 0 Å². The SMILES string of the molecule is CCCCc1c(-c2ccc(-c3ccc(OC(C)=O)cc3)cc2)cn2ccccc12. The molecular weight excluding hydrogens is 358 g/mol. The van der Waals surface area contributed by atoms with Crippen molar-refractivity contribution in [1.29, 1.82) is 0 Å². The average Bonchev–Trinajstić information content (AvgIpc) is 3.11. The molecule has 4 aromatic rings. The lowest BCUT2D eigenvalue weighted by atomic mass is 9.97. The number of benzene rings is 2. The number of nitrogens with zero attached hydrogens (tertiary/aromatic N) is 1. The first-order chi connectivity index (χ1) is 14.2. The summed E-state index contributed by atoms with van der Waals surface area (Å²) in [6.07, 6.45) is 7.82. The summed E-state index contributed by atoms with van der Waals surface area (Å²) >= 11 is 0. The van der Waals surface area contributed by atoms with Crippen molar-refractivity contribution >= 4 is 11.5 Å². The van der Waals surface area contributed by atoms with Gasteiger partial charge in [-0.2, -0.15) is 0 Å². The molecule has 0 N–H and O–H groups in total. The lowest BCUT2D eigenvalue weighted by Gasteiger charge is -2.07. The average molecular weight is 383 g/mol. The first-order valence-corrected chi connectivity index (χ1v) is 10.1. The van der Waals surface area contributed by atoms with Crippen molar-refractivity contribution in [3.63, 3.8) is 0 Å². The minimum absolute atomic E-state index is 0.305. The van der Waals surface area contributed by atoms with Gasteiger partial charge in [-0.15, -0.1) is 0 Å². The number of rotatable bonds is 6. The largest absolute Gasteiger partial charge is 0.427 e. The van der Waals surface area contributed by atoms with Crippen LogP contribution in [0.5, 0.6) is 5.75 Å². The van der Waals surface area contributed by atoms with E-state index in [2.05, 4.69) is 66.2 Å². The van der Waals surface area contributed by atoms with Crippen molar-refractivity contribution in [3.8, 4) is 28.0 Å². The van der Waals surface area contributed by atoms with Gasteiger partial charge in [0, 0.05) is 30.4 Å². The van der Waals surface area contributed by atoms with Crippen LogP contribution in [0.1, 0.15) is 32.3 Å². The predicted molar refractivity (Wildman–Crippen MR) is 118 cm³/mol. The van der Waals surface area contributed by atoms with Crippen LogP contribution in [-0.4, -0.2) is 10.4 Å². The maximum absolute atomic E-state index is 11.1. The Labute approximate surface area is 171 Å². The molecule has 3 nitrogen and oxygen atoms in total. The molecule has 0 saturated carbocycles. The van der Waals surface area contributed by atoms with Gasteiger partial charge in [-0.1, -0.05) is 55.8 Å². The Bertz CT molecular complexity index is 1120. The number of unbranched alkanes of at least 4 members (excludes halogenated alkanes) is 1. The van der Waals surface area contributed by atoms with Gasteiger partial charge in [0.1, 0.15) is 5.75 Å². The van der Waals surface area contributed by atoms with Crippen LogP contribution in [0, 0.1) is 0 Å². The number of hydrogen-bond acceptors (Lipinski definition) is 2. The van der Waals surface area contributed by atoms with Gasteiger partial charge in [0.25, 0.3) is 0 Å². The van der Waals surface area contributed by atoms with Crippen molar-refractivity contribution in [2.75, 3.05) is 0 Å². The Morgan fingerprint density at radius 3 is 2.21 bits per heavy atom. The molecule has 3 heteroatoms. The fourth-order valence-corrected chi connectivity index (χ4v) is 3.77. The van der Waals surface area contributed by atoms with Crippen LogP contribution in [0.2, 0.25) is 0 Å². The van der Waals surface area contributed by atoms with Gasteiger partial charge >= 0.3 is 5.97 Å². The highest BCUT2D eigenvalue weighted by Crippen LogP contribution is 2.32. The molecule has 146 valence electrons. The summed E-state index contributed by atoms with van der Waals surface area (Å²) in [6.45, 7) is 3.65. The summed E-state index contributed by atoms with van der Waals surface area (Å²) in [5.74, 6) is 0.264. The molecule has 0 aliphatic carbocycles. The fraction of sp³-hybridized carbons (Fsp3) is 0.192. The molecule has 0 bridgehead atoms. The van der Waals surface area contributed by atoms with E-state index in [9.17, 15) is 4.79 Å². The Kier molecular flexibility index (Phi) is 5.48. The number of aromatic nitrogens is 1. The Hall–Kier alpha value is -3.33. The van der Waals surface area contributed by atoms with Gasteiger partial charge in [-0.3, -0.25) is 4.79 Å². The Morgan fingerprint density at radius 2 is 1.55 bits per heavy atom. The minimum Gasteiger partial charge on any atom is -0.427 e. The first-order valence-electron chi connectivity index (χ1n) is 10.1. The third-order valence-electron chi connectivity index (χ3n) is 5.22. The van der Waals surface area contributed by atoms with Crippen LogP contribution >= 0.6 is 0 Å². The van der Waals surface area contributed by atoms with E-state index in [1.165, 1.54) is 42.0 Å². The first kappa shape index (κ1) is 19.0. The summed E-state index contributed by atoms with van der Waals surface area (Å²) < 4.78 is 7.34. The van der Waals surface area contributed by atoms with Crippen LogP contribution in [0.15, 0.2) is 79.1 Å². The number of carbonyl (C=O) groups is 1. The molecule has 0 radical (unpaired) electrons. The van der Waals surface area contributed by atoms with Gasteiger partial charge in [0.05, 0.1) is 0 Å². The van der Waals surface area contributed by atoms with Gasteiger partial charge in [0.15, 0.2) is 0 Å². The normalized spacial score (nSPS) is 11.0. The number of ether oxygens (including phenoxy) is 1.